The lowest BCUT2D eigenvalue weighted by Gasteiger charge is -2.24. The lowest BCUT2D eigenvalue weighted by atomic mass is 10.2. The number of rotatable bonds is 7. The van der Waals surface area contributed by atoms with Crippen molar-refractivity contribution in [3.63, 3.8) is 0 Å². The van der Waals surface area contributed by atoms with E-state index in [0.717, 1.165) is 11.1 Å². The van der Waals surface area contributed by atoms with Crippen LogP contribution < -0.4 is 4.31 Å². The van der Waals surface area contributed by atoms with Crippen LogP contribution in [0, 0.1) is 6.92 Å². The first kappa shape index (κ1) is 21.1. The van der Waals surface area contributed by atoms with Crippen molar-refractivity contribution in [2.45, 2.75) is 25.3 Å². The van der Waals surface area contributed by atoms with Gasteiger partial charge in [0.15, 0.2) is 0 Å². The molecule has 0 bridgehead atoms. The molecule has 0 radical (unpaired) electrons. The van der Waals surface area contributed by atoms with Gasteiger partial charge in [-0.25, -0.2) is 8.42 Å². The van der Waals surface area contributed by atoms with E-state index in [9.17, 15) is 13.2 Å². The van der Waals surface area contributed by atoms with Gasteiger partial charge in [-0.15, -0.1) is 11.3 Å². The highest BCUT2D eigenvalue weighted by atomic mass is 32.2. The molecule has 1 heterocycles. The number of carbonyl (C=O) groups excluding carboxylic acids is 1. The highest BCUT2D eigenvalue weighted by molar-refractivity contribution is 7.92. The average molecular weight is 429 g/mol. The van der Waals surface area contributed by atoms with E-state index in [-0.39, 0.29) is 10.8 Å². The van der Waals surface area contributed by atoms with E-state index in [1.807, 2.05) is 44.2 Å². The first-order chi connectivity index (χ1) is 13.8. The molecule has 0 aliphatic heterocycles. The molecular weight excluding hydrogens is 404 g/mol. The highest BCUT2D eigenvalue weighted by Crippen LogP contribution is 2.31. The molecular formula is C22H24N2O3S2. The number of nitrogens with zero attached hydrogens (tertiary/aromatic N) is 2. The molecule has 3 aromatic rings. The Morgan fingerprint density at radius 1 is 1.00 bits per heavy atom. The molecule has 0 aliphatic rings. The summed E-state index contributed by atoms with van der Waals surface area (Å²) in [5.41, 5.74) is 2.41. The Bertz CT molecular complexity index is 1070. The van der Waals surface area contributed by atoms with Gasteiger partial charge in [0, 0.05) is 20.1 Å². The van der Waals surface area contributed by atoms with Gasteiger partial charge >= 0.3 is 0 Å². The number of aryl methyl sites for hydroxylation is 1. The summed E-state index contributed by atoms with van der Waals surface area (Å²) in [5, 5.41) is 1.75. The summed E-state index contributed by atoms with van der Waals surface area (Å²) in [6, 6.07) is 18.1. The smallest absolute Gasteiger partial charge is 0.266 e. The molecule has 0 spiro atoms. The number of benzene rings is 2. The fourth-order valence-corrected chi connectivity index (χ4v) is 5.14. The maximum Gasteiger partial charge on any atom is 0.266 e. The monoisotopic (exact) mass is 428 g/mol. The second kappa shape index (κ2) is 8.80. The zero-order chi connectivity index (χ0) is 21.0. The highest BCUT2D eigenvalue weighted by Gasteiger charge is 2.28. The van der Waals surface area contributed by atoms with Gasteiger partial charge in [0.25, 0.3) is 15.9 Å². The molecule has 0 N–H and O–H groups in total. The van der Waals surface area contributed by atoms with Crippen LogP contribution in [0.1, 0.15) is 27.7 Å². The number of hydrogen-bond donors (Lipinski definition) is 0. The van der Waals surface area contributed by atoms with Crippen LogP contribution in [-0.2, 0) is 16.6 Å². The second-order valence-corrected chi connectivity index (χ2v) is 9.61. The van der Waals surface area contributed by atoms with E-state index >= 15 is 0 Å². The second-order valence-electron chi connectivity index (χ2n) is 6.73. The first-order valence-electron chi connectivity index (χ1n) is 9.31. The van der Waals surface area contributed by atoms with Crippen molar-refractivity contribution in [2.24, 2.45) is 0 Å². The minimum absolute atomic E-state index is 0.174. The Hall–Kier alpha value is -2.64. The lowest BCUT2D eigenvalue weighted by Crippen LogP contribution is -2.32. The quantitative estimate of drug-likeness (QED) is 0.555. The summed E-state index contributed by atoms with van der Waals surface area (Å²) in [5.74, 6) is -0.174. The Labute approximate surface area is 176 Å². The van der Waals surface area contributed by atoms with Crippen molar-refractivity contribution in [1.29, 1.82) is 0 Å². The predicted molar refractivity (Wildman–Crippen MR) is 118 cm³/mol. The van der Waals surface area contributed by atoms with Crippen molar-refractivity contribution in [2.75, 3.05) is 17.9 Å². The number of amides is 1. The van der Waals surface area contributed by atoms with E-state index in [2.05, 4.69) is 0 Å². The summed E-state index contributed by atoms with van der Waals surface area (Å²) >= 11 is 1.26. The molecule has 1 amide bonds. The van der Waals surface area contributed by atoms with Gasteiger partial charge in [0.2, 0.25) is 0 Å². The lowest BCUT2D eigenvalue weighted by molar-refractivity contribution is 0.0758. The number of hydrogen-bond acceptors (Lipinski definition) is 4. The van der Waals surface area contributed by atoms with Gasteiger partial charge < -0.3 is 4.90 Å². The van der Waals surface area contributed by atoms with Crippen LogP contribution in [0.15, 0.2) is 70.9 Å². The zero-order valence-electron chi connectivity index (χ0n) is 16.7. The van der Waals surface area contributed by atoms with Crippen molar-refractivity contribution in [1.82, 2.24) is 4.90 Å². The molecule has 152 valence electrons. The molecule has 0 unspecified atom stereocenters. The molecule has 1 aromatic heterocycles. The number of sulfonamides is 1. The maximum absolute atomic E-state index is 13.2. The Kier molecular flexibility index (Phi) is 6.39. The Balaban J connectivity index is 1.89. The molecule has 29 heavy (non-hydrogen) atoms. The number of carbonyl (C=O) groups is 1. The fraction of sp³-hybridized carbons (Fsp3) is 0.227. The van der Waals surface area contributed by atoms with E-state index in [1.165, 1.54) is 22.7 Å². The minimum Gasteiger partial charge on any atom is -0.334 e. The molecule has 3 rings (SSSR count). The predicted octanol–water partition coefficient (Wildman–Crippen LogP) is 4.54. The van der Waals surface area contributed by atoms with Crippen molar-refractivity contribution < 1.29 is 13.2 Å². The fourth-order valence-electron chi connectivity index (χ4n) is 2.98. The minimum atomic E-state index is -3.76. The number of anilines is 1. The van der Waals surface area contributed by atoms with Gasteiger partial charge in [-0.05, 0) is 43.0 Å². The van der Waals surface area contributed by atoms with Gasteiger partial charge in [-0.3, -0.25) is 9.10 Å². The van der Waals surface area contributed by atoms with Crippen LogP contribution in [-0.4, -0.2) is 32.8 Å². The van der Waals surface area contributed by atoms with Gasteiger partial charge in [0.1, 0.15) is 4.88 Å². The topological polar surface area (TPSA) is 57.7 Å². The first-order valence-corrected chi connectivity index (χ1v) is 11.6. The van der Waals surface area contributed by atoms with Crippen molar-refractivity contribution >= 4 is 33.0 Å². The van der Waals surface area contributed by atoms with Crippen LogP contribution >= 0.6 is 11.3 Å². The average Bonchev–Trinajstić information content (AvgIpc) is 3.21. The van der Waals surface area contributed by atoms with E-state index < -0.39 is 10.0 Å². The van der Waals surface area contributed by atoms with E-state index in [4.69, 9.17) is 0 Å². The van der Waals surface area contributed by atoms with Crippen molar-refractivity contribution in [3.05, 3.63) is 82.0 Å². The van der Waals surface area contributed by atoms with Gasteiger partial charge in [-0.2, -0.15) is 0 Å². The standard InChI is InChI=1S/C22H24N2O3S2/c1-4-24(16-18-8-6-5-7-9-18)22(25)21-20(14-15-28-21)23(3)29(26,27)19-12-10-17(2)11-13-19/h5-15H,4,16H2,1-3H3. The summed E-state index contributed by atoms with van der Waals surface area (Å²) < 4.78 is 27.3. The van der Waals surface area contributed by atoms with Crippen LogP contribution in [0.5, 0.6) is 0 Å². The molecule has 0 aliphatic carbocycles. The molecule has 0 saturated heterocycles. The summed E-state index contributed by atoms with van der Waals surface area (Å²) in [6.07, 6.45) is 0. The third-order valence-electron chi connectivity index (χ3n) is 4.74. The Morgan fingerprint density at radius 2 is 1.66 bits per heavy atom. The van der Waals surface area contributed by atoms with E-state index in [0.29, 0.717) is 23.7 Å². The normalized spacial score (nSPS) is 11.3. The molecule has 0 fully saturated rings. The third-order valence-corrected chi connectivity index (χ3v) is 7.42. The van der Waals surface area contributed by atoms with Crippen LogP contribution in [0.4, 0.5) is 5.69 Å². The number of thiophene rings is 1. The summed E-state index contributed by atoms with van der Waals surface area (Å²) in [7, 11) is -2.27. The largest absolute Gasteiger partial charge is 0.334 e. The van der Waals surface area contributed by atoms with Crippen LogP contribution in [0.2, 0.25) is 0 Å². The molecule has 5 nitrogen and oxygen atoms in total. The van der Waals surface area contributed by atoms with Gasteiger partial charge in [-0.1, -0.05) is 48.0 Å². The van der Waals surface area contributed by atoms with Crippen molar-refractivity contribution in [3.8, 4) is 0 Å². The summed E-state index contributed by atoms with van der Waals surface area (Å²) in [6.45, 7) is 4.82. The SMILES string of the molecule is CCN(Cc1ccccc1)C(=O)c1sccc1N(C)S(=O)(=O)c1ccc(C)cc1. The van der Waals surface area contributed by atoms with Gasteiger partial charge in [0.05, 0.1) is 10.6 Å². The van der Waals surface area contributed by atoms with Crippen LogP contribution in [0.25, 0.3) is 0 Å². The molecule has 2 aromatic carbocycles. The third kappa shape index (κ3) is 4.52. The zero-order valence-corrected chi connectivity index (χ0v) is 18.3. The van der Waals surface area contributed by atoms with Crippen LogP contribution in [0.3, 0.4) is 0 Å². The summed E-state index contributed by atoms with van der Waals surface area (Å²) in [4.78, 5) is 15.5. The molecule has 0 saturated carbocycles. The maximum atomic E-state index is 13.2. The Morgan fingerprint density at radius 3 is 2.28 bits per heavy atom. The molecule has 0 atom stereocenters. The van der Waals surface area contributed by atoms with E-state index in [1.54, 1.807) is 40.6 Å². The molecule has 7 heteroatoms.